The highest BCUT2D eigenvalue weighted by atomic mass is 16.1. The van der Waals surface area contributed by atoms with Crippen LogP contribution in [-0.2, 0) is 0 Å². The third-order valence-corrected chi connectivity index (χ3v) is 4.61. The first-order valence-corrected chi connectivity index (χ1v) is 7.92. The largest absolute Gasteiger partial charge is 0.289 e. The Bertz CT molecular complexity index is 870. The third kappa shape index (κ3) is 2.06. The average Bonchev–Trinajstić information content (AvgIpc) is 3.14. The highest BCUT2D eigenvalue weighted by molar-refractivity contribution is 5.71. The molecule has 4 heteroatoms. The van der Waals surface area contributed by atoms with E-state index in [0.717, 1.165) is 22.6 Å². The molecule has 4 rings (SSSR count). The summed E-state index contributed by atoms with van der Waals surface area (Å²) in [6.45, 7) is 1.88. The number of rotatable bonds is 2. The van der Waals surface area contributed by atoms with E-state index in [9.17, 15) is 4.79 Å². The molecule has 1 aliphatic rings. The minimum Gasteiger partial charge on any atom is -0.289 e. The molecule has 1 aliphatic carbocycles. The molecule has 1 aromatic carbocycles. The number of nitrogens with zero attached hydrogens (tertiary/aromatic N) is 2. The number of aromatic amines is 1. The van der Waals surface area contributed by atoms with Gasteiger partial charge in [0.1, 0.15) is 0 Å². The molecule has 0 unspecified atom stereocenters. The van der Waals surface area contributed by atoms with Crippen LogP contribution in [0, 0.1) is 6.92 Å². The molecule has 0 radical (unpaired) electrons. The monoisotopic (exact) mass is 293 g/mol. The number of hydrogen-bond donors (Lipinski definition) is 1. The molecule has 2 heterocycles. The van der Waals surface area contributed by atoms with Crippen LogP contribution in [0.4, 0.5) is 0 Å². The zero-order valence-corrected chi connectivity index (χ0v) is 12.7. The van der Waals surface area contributed by atoms with Crippen molar-refractivity contribution in [2.24, 2.45) is 0 Å². The molecule has 0 spiro atoms. The Balaban J connectivity index is 2.04. The number of aryl methyl sites for hydroxylation is 1. The van der Waals surface area contributed by atoms with Gasteiger partial charge in [-0.2, -0.15) is 0 Å². The first kappa shape index (κ1) is 13.3. The van der Waals surface area contributed by atoms with Crippen molar-refractivity contribution in [3.63, 3.8) is 0 Å². The lowest BCUT2D eigenvalue weighted by molar-refractivity contribution is 0.728. The molecule has 4 nitrogen and oxygen atoms in total. The molecule has 0 aliphatic heterocycles. The fourth-order valence-corrected chi connectivity index (χ4v) is 3.60. The van der Waals surface area contributed by atoms with Crippen molar-refractivity contribution in [3.8, 4) is 11.3 Å². The van der Waals surface area contributed by atoms with Gasteiger partial charge in [0.2, 0.25) is 0 Å². The lowest BCUT2D eigenvalue weighted by Crippen LogP contribution is -2.14. The summed E-state index contributed by atoms with van der Waals surface area (Å²) in [7, 11) is 0. The van der Waals surface area contributed by atoms with E-state index in [1.165, 1.54) is 31.2 Å². The fraction of sp³-hybridized carbons (Fsp3) is 0.333. The zero-order valence-electron chi connectivity index (χ0n) is 12.7. The zero-order chi connectivity index (χ0) is 15.1. The molecule has 22 heavy (non-hydrogen) atoms. The lowest BCUT2D eigenvalue weighted by Gasteiger charge is -2.10. The Morgan fingerprint density at radius 1 is 1.18 bits per heavy atom. The Morgan fingerprint density at radius 2 is 1.91 bits per heavy atom. The molecule has 2 aromatic heterocycles. The molecule has 0 atom stereocenters. The summed E-state index contributed by atoms with van der Waals surface area (Å²) in [5, 5.41) is 3.29. The van der Waals surface area contributed by atoms with Gasteiger partial charge in [0.25, 0.3) is 5.56 Å². The molecule has 1 saturated carbocycles. The van der Waals surface area contributed by atoms with Gasteiger partial charge in [-0.1, -0.05) is 43.2 Å². The second kappa shape index (κ2) is 5.13. The van der Waals surface area contributed by atoms with Crippen LogP contribution in [-0.4, -0.2) is 14.6 Å². The van der Waals surface area contributed by atoms with Crippen LogP contribution in [0.1, 0.15) is 42.9 Å². The molecule has 3 aromatic rings. The predicted octanol–water partition coefficient (Wildman–Crippen LogP) is 3.66. The standard InChI is InChI=1S/C18H19N3O/c1-12-11-15(22)21-18(19-12)16(13-7-5-6-8-13)17(20-21)14-9-3-2-4-10-14/h2-4,9-11,13,20H,5-8H2,1H3. The average molecular weight is 293 g/mol. The molecule has 112 valence electrons. The van der Waals surface area contributed by atoms with E-state index in [4.69, 9.17) is 0 Å². The van der Waals surface area contributed by atoms with E-state index in [-0.39, 0.29) is 5.56 Å². The molecule has 0 bridgehead atoms. The highest BCUT2D eigenvalue weighted by Gasteiger charge is 2.26. The highest BCUT2D eigenvalue weighted by Crippen LogP contribution is 2.40. The summed E-state index contributed by atoms with van der Waals surface area (Å²) in [5.41, 5.74) is 4.92. The van der Waals surface area contributed by atoms with E-state index in [1.54, 1.807) is 10.6 Å². The smallest absolute Gasteiger partial charge is 0.272 e. The van der Waals surface area contributed by atoms with Gasteiger partial charge < -0.3 is 0 Å². The number of fused-ring (bicyclic) bond motifs is 1. The first-order valence-electron chi connectivity index (χ1n) is 7.92. The Morgan fingerprint density at radius 3 is 2.64 bits per heavy atom. The van der Waals surface area contributed by atoms with Gasteiger partial charge in [-0.15, -0.1) is 0 Å². The van der Waals surface area contributed by atoms with Crippen LogP contribution in [0.25, 0.3) is 16.9 Å². The maximum atomic E-state index is 12.3. The first-order chi connectivity index (χ1) is 10.7. The van der Waals surface area contributed by atoms with E-state index in [0.29, 0.717) is 5.92 Å². The molecule has 0 saturated heterocycles. The van der Waals surface area contributed by atoms with Gasteiger partial charge in [-0.3, -0.25) is 9.89 Å². The summed E-state index contributed by atoms with van der Waals surface area (Å²) in [6.07, 6.45) is 4.87. The van der Waals surface area contributed by atoms with Gasteiger partial charge in [0.15, 0.2) is 5.65 Å². The van der Waals surface area contributed by atoms with Gasteiger partial charge in [-0.25, -0.2) is 9.50 Å². The lowest BCUT2D eigenvalue weighted by atomic mass is 9.94. The number of aromatic nitrogens is 3. The van der Waals surface area contributed by atoms with Crippen molar-refractivity contribution < 1.29 is 0 Å². The number of nitrogens with one attached hydrogen (secondary N) is 1. The van der Waals surface area contributed by atoms with Crippen LogP contribution < -0.4 is 5.56 Å². The van der Waals surface area contributed by atoms with E-state index in [1.807, 2.05) is 25.1 Å². The summed E-state index contributed by atoms with van der Waals surface area (Å²) in [5.74, 6) is 0.491. The SMILES string of the molecule is Cc1cc(=O)n2[nH]c(-c3ccccc3)c(C3CCCC3)c2n1. The summed E-state index contributed by atoms with van der Waals surface area (Å²) in [6, 6.07) is 11.8. The Hall–Kier alpha value is -2.36. The van der Waals surface area contributed by atoms with Crippen molar-refractivity contribution in [1.29, 1.82) is 0 Å². The normalized spacial score (nSPS) is 15.7. The van der Waals surface area contributed by atoms with E-state index < -0.39 is 0 Å². The van der Waals surface area contributed by atoms with Crippen LogP contribution in [0.2, 0.25) is 0 Å². The molecule has 1 N–H and O–H groups in total. The number of benzene rings is 1. The summed E-state index contributed by atoms with van der Waals surface area (Å²) < 4.78 is 1.60. The summed E-state index contributed by atoms with van der Waals surface area (Å²) in [4.78, 5) is 17.0. The maximum absolute atomic E-state index is 12.3. The van der Waals surface area contributed by atoms with E-state index in [2.05, 4.69) is 22.2 Å². The second-order valence-electron chi connectivity index (χ2n) is 6.14. The molecule has 1 fully saturated rings. The van der Waals surface area contributed by atoms with Crippen molar-refractivity contribution >= 4 is 5.65 Å². The molecular formula is C18H19N3O. The predicted molar refractivity (Wildman–Crippen MR) is 87.2 cm³/mol. The minimum absolute atomic E-state index is 0.0380. The van der Waals surface area contributed by atoms with Crippen LogP contribution in [0.5, 0.6) is 0 Å². The van der Waals surface area contributed by atoms with Gasteiger partial charge >= 0.3 is 0 Å². The topological polar surface area (TPSA) is 50.2 Å². The third-order valence-electron chi connectivity index (χ3n) is 4.61. The van der Waals surface area contributed by atoms with Crippen molar-refractivity contribution in [3.05, 3.63) is 58.0 Å². The Labute approximate surface area is 128 Å². The number of hydrogen-bond acceptors (Lipinski definition) is 2. The molecule has 0 amide bonds. The van der Waals surface area contributed by atoms with Crippen molar-refractivity contribution in [1.82, 2.24) is 14.6 Å². The van der Waals surface area contributed by atoms with Gasteiger partial charge in [0.05, 0.1) is 5.69 Å². The van der Waals surface area contributed by atoms with Crippen molar-refractivity contribution in [2.45, 2.75) is 38.5 Å². The molecular weight excluding hydrogens is 274 g/mol. The van der Waals surface area contributed by atoms with Crippen molar-refractivity contribution in [2.75, 3.05) is 0 Å². The maximum Gasteiger partial charge on any atom is 0.272 e. The van der Waals surface area contributed by atoms with Gasteiger partial charge in [-0.05, 0) is 31.2 Å². The van der Waals surface area contributed by atoms with E-state index >= 15 is 0 Å². The number of H-pyrrole nitrogens is 1. The minimum atomic E-state index is -0.0380. The van der Waals surface area contributed by atoms with Crippen LogP contribution >= 0.6 is 0 Å². The fourth-order valence-electron chi connectivity index (χ4n) is 3.60. The Kier molecular flexibility index (Phi) is 3.10. The quantitative estimate of drug-likeness (QED) is 0.784. The second-order valence-corrected chi connectivity index (χ2v) is 6.14. The van der Waals surface area contributed by atoms with Crippen LogP contribution in [0.3, 0.4) is 0 Å². The van der Waals surface area contributed by atoms with Crippen LogP contribution in [0.15, 0.2) is 41.2 Å². The van der Waals surface area contributed by atoms with Gasteiger partial charge in [0, 0.05) is 17.3 Å². The summed E-state index contributed by atoms with van der Waals surface area (Å²) >= 11 is 0.